The minimum absolute atomic E-state index is 0.0846. The Kier molecular flexibility index (Phi) is 6.68. The van der Waals surface area contributed by atoms with Crippen molar-refractivity contribution in [2.24, 2.45) is 5.73 Å². The van der Waals surface area contributed by atoms with E-state index in [4.69, 9.17) is 33.7 Å². The summed E-state index contributed by atoms with van der Waals surface area (Å²) in [6.07, 6.45) is -0.383. The quantitative estimate of drug-likeness (QED) is 0.441. The third kappa shape index (κ3) is 4.90. The van der Waals surface area contributed by atoms with Gasteiger partial charge >= 0.3 is 5.97 Å². The van der Waals surface area contributed by atoms with Crippen molar-refractivity contribution in [1.82, 2.24) is 10.2 Å². The molecule has 0 fully saturated rings. The zero-order valence-corrected chi connectivity index (χ0v) is 19.0. The molecule has 0 unspecified atom stereocenters. The number of rotatable bonds is 6. The van der Waals surface area contributed by atoms with Crippen molar-refractivity contribution in [3.05, 3.63) is 56.0 Å². The molecule has 0 bridgehead atoms. The van der Waals surface area contributed by atoms with Crippen molar-refractivity contribution in [3.8, 4) is 11.3 Å². The van der Waals surface area contributed by atoms with Crippen LogP contribution in [-0.2, 0) is 4.74 Å². The minimum atomic E-state index is -0.706. The Bertz CT molecular complexity index is 1190. The number of aromatic amines is 1. The minimum Gasteiger partial charge on any atom is -0.459 e. The van der Waals surface area contributed by atoms with E-state index in [1.54, 1.807) is 39.0 Å². The molecule has 0 spiro atoms. The maximum Gasteiger partial charge on any atom is 0.341 e. The normalized spacial score (nSPS) is 10.9. The number of thiophene rings is 1. The Morgan fingerprint density at radius 2 is 1.94 bits per heavy atom. The number of anilines is 1. The van der Waals surface area contributed by atoms with Crippen LogP contribution in [-0.4, -0.2) is 34.1 Å². The van der Waals surface area contributed by atoms with Gasteiger partial charge in [-0.3, -0.25) is 14.7 Å². The van der Waals surface area contributed by atoms with E-state index in [1.807, 2.05) is 0 Å². The third-order valence-corrected chi connectivity index (χ3v) is 5.94. The highest BCUT2D eigenvalue weighted by Crippen LogP contribution is 2.34. The number of nitrogens with one attached hydrogen (secondary N) is 2. The molecule has 0 saturated heterocycles. The summed E-state index contributed by atoms with van der Waals surface area (Å²) < 4.78 is 5.24. The fourth-order valence-electron chi connectivity index (χ4n) is 2.80. The van der Waals surface area contributed by atoms with Gasteiger partial charge in [-0.25, -0.2) is 4.79 Å². The highest BCUT2D eigenvalue weighted by Gasteiger charge is 2.27. The second-order valence-corrected chi connectivity index (χ2v) is 8.69. The Hall–Kier alpha value is -2.88. The van der Waals surface area contributed by atoms with E-state index in [-0.39, 0.29) is 27.2 Å². The fourth-order valence-corrected chi connectivity index (χ4v) is 4.35. The molecule has 0 radical (unpaired) electrons. The first-order chi connectivity index (χ1) is 14.6. The summed E-state index contributed by atoms with van der Waals surface area (Å²) in [5, 5.41) is 10.4. The molecule has 0 aliphatic carbocycles. The number of H-pyrrole nitrogens is 1. The summed E-state index contributed by atoms with van der Waals surface area (Å²) >= 11 is 13.0. The molecule has 2 amide bonds. The molecule has 0 aliphatic rings. The number of carbonyl (C=O) groups excluding carboxylic acids is 3. The predicted molar refractivity (Wildman–Crippen MR) is 120 cm³/mol. The monoisotopic (exact) mass is 480 g/mol. The molecule has 0 aliphatic heterocycles. The molecule has 31 heavy (non-hydrogen) atoms. The van der Waals surface area contributed by atoms with E-state index < -0.39 is 17.8 Å². The molecular formula is C20H18Cl2N4O4S. The van der Waals surface area contributed by atoms with E-state index in [2.05, 4.69) is 15.5 Å². The first kappa shape index (κ1) is 22.8. The van der Waals surface area contributed by atoms with Crippen LogP contribution in [0.25, 0.3) is 11.3 Å². The van der Waals surface area contributed by atoms with Crippen LogP contribution >= 0.6 is 34.5 Å². The van der Waals surface area contributed by atoms with Gasteiger partial charge in [-0.15, -0.1) is 11.3 Å². The number of nitrogens with two attached hydrogens (primary N) is 1. The average molecular weight is 481 g/mol. The van der Waals surface area contributed by atoms with E-state index in [1.165, 1.54) is 6.07 Å². The molecule has 8 nitrogen and oxygen atoms in total. The van der Waals surface area contributed by atoms with Crippen LogP contribution in [0.4, 0.5) is 5.00 Å². The molecule has 0 atom stereocenters. The maximum absolute atomic E-state index is 12.8. The summed E-state index contributed by atoms with van der Waals surface area (Å²) in [4.78, 5) is 37.2. The Morgan fingerprint density at radius 3 is 2.55 bits per heavy atom. The average Bonchev–Trinajstić information content (AvgIpc) is 3.26. The predicted octanol–water partition coefficient (Wildman–Crippen LogP) is 4.67. The second-order valence-electron chi connectivity index (χ2n) is 6.82. The fraction of sp³-hybridized carbons (Fsp3) is 0.200. The molecule has 0 saturated carbocycles. The lowest BCUT2D eigenvalue weighted by atomic mass is 10.1. The molecule has 4 N–H and O–H groups in total. The topological polar surface area (TPSA) is 127 Å². The van der Waals surface area contributed by atoms with Gasteiger partial charge in [0.25, 0.3) is 11.8 Å². The van der Waals surface area contributed by atoms with Gasteiger partial charge in [0.1, 0.15) is 10.7 Å². The molecule has 162 valence electrons. The van der Waals surface area contributed by atoms with E-state index in [0.29, 0.717) is 26.9 Å². The molecule has 2 heterocycles. The van der Waals surface area contributed by atoms with Crippen LogP contribution in [0.2, 0.25) is 10.0 Å². The molecule has 1 aromatic carbocycles. The van der Waals surface area contributed by atoms with Gasteiger partial charge in [0.2, 0.25) is 0 Å². The zero-order valence-electron chi connectivity index (χ0n) is 16.7. The highest BCUT2D eigenvalue weighted by molar-refractivity contribution is 7.18. The number of aromatic nitrogens is 2. The molecular weight excluding hydrogens is 463 g/mol. The van der Waals surface area contributed by atoms with Crippen LogP contribution in [0.3, 0.4) is 0 Å². The third-order valence-electron chi connectivity index (χ3n) is 4.17. The van der Waals surface area contributed by atoms with Crippen molar-refractivity contribution < 1.29 is 19.1 Å². The largest absolute Gasteiger partial charge is 0.459 e. The number of primary amides is 1. The second kappa shape index (κ2) is 9.09. The lowest BCUT2D eigenvalue weighted by Gasteiger charge is -2.10. The molecule has 3 aromatic rings. The van der Waals surface area contributed by atoms with Gasteiger partial charge in [0.05, 0.1) is 27.3 Å². The van der Waals surface area contributed by atoms with Crippen LogP contribution in [0.1, 0.15) is 49.9 Å². The number of esters is 1. The summed E-state index contributed by atoms with van der Waals surface area (Å²) in [5.74, 6) is -1.94. The Morgan fingerprint density at radius 1 is 1.23 bits per heavy atom. The molecule has 3 rings (SSSR count). The number of hydrogen-bond donors (Lipinski definition) is 3. The highest BCUT2D eigenvalue weighted by atomic mass is 35.5. The lowest BCUT2D eigenvalue weighted by Crippen LogP contribution is -2.17. The van der Waals surface area contributed by atoms with Gasteiger partial charge in [-0.1, -0.05) is 23.2 Å². The van der Waals surface area contributed by atoms with E-state index in [9.17, 15) is 14.4 Å². The smallest absolute Gasteiger partial charge is 0.341 e. The number of ether oxygens (including phenoxy) is 1. The van der Waals surface area contributed by atoms with Gasteiger partial charge in [0, 0.05) is 10.6 Å². The van der Waals surface area contributed by atoms with Crippen LogP contribution < -0.4 is 11.1 Å². The van der Waals surface area contributed by atoms with Gasteiger partial charge in [0.15, 0.2) is 0 Å². The van der Waals surface area contributed by atoms with Crippen molar-refractivity contribution in [2.75, 3.05) is 5.32 Å². The van der Waals surface area contributed by atoms with E-state index in [0.717, 1.165) is 11.3 Å². The van der Waals surface area contributed by atoms with Crippen molar-refractivity contribution in [2.45, 2.75) is 26.9 Å². The van der Waals surface area contributed by atoms with Crippen LogP contribution in [0.5, 0.6) is 0 Å². The standard InChI is InChI=1S/C20H18Cl2N4O4S/c1-8(2)30-20(29)15-9(3)16(17(23)27)31-19(15)24-18(28)14-7-13(25-26-14)11-5-4-10(21)6-12(11)22/h4-8H,1-3H3,(H2,23,27)(H,24,28)(H,25,26). The van der Waals surface area contributed by atoms with Crippen molar-refractivity contribution in [3.63, 3.8) is 0 Å². The number of halogens is 2. The first-order valence-corrected chi connectivity index (χ1v) is 10.6. The van der Waals surface area contributed by atoms with E-state index >= 15 is 0 Å². The Balaban J connectivity index is 1.91. The Labute approximate surface area is 191 Å². The number of benzene rings is 1. The zero-order chi connectivity index (χ0) is 22.9. The number of carbonyl (C=O) groups is 3. The SMILES string of the molecule is Cc1c(C(N)=O)sc(NC(=O)c2cc(-c3ccc(Cl)cc3Cl)n[nH]2)c1C(=O)OC(C)C. The molecule has 11 heteroatoms. The number of amides is 2. The summed E-state index contributed by atoms with van der Waals surface area (Å²) in [5.41, 5.74) is 6.98. The van der Waals surface area contributed by atoms with Gasteiger partial charge in [-0.2, -0.15) is 5.10 Å². The lowest BCUT2D eigenvalue weighted by molar-refractivity contribution is 0.0379. The van der Waals surface area contributed by atoms with Crippen LogP contribution in [0, 0.1) is 6.92 Å². The summed E-state index contributed by atoms with van der Waals surface area (Å²) in [6.45, 7) is 4.96. The van der Waals surface area contributed by atoms with Crippen molar-refractivity contribution >= 4 is 57.3 Å². The van der Waals surface area contributed by atoms with Crippen LogP contribution in [0.15, 0.2) is 24.3 Å². The number of nitrogens with zero attached hydrogens (tertiary/aromatic N) is 1. The summed E-state index contributed by atoms with van der Waals surface area (Å²) in [7, 11) is 0. The first-order valence-electron chi connectivity index (χ1n) is 9.04. The number of hydrogen-bond acceptors (Lipinski definition) is 6. The van der Waals surface area contributed by atoms with Crippen molar-refractivity contribution in [1.29, 1.82) is 0 Å². The van der Waals surface area contributed by atoms with Gasteiger partial charge < -0.3 is 15.8 Å². The molecule has 2 aromatic heterocycles. The maximum atomic E-state index is 12.8. The van der Waals surface area contributed by atoms with Gasteiger partial charge in [-0.05, 0) is 50.6 Å². The summed E-state index contributed by atoms with van der Waals surface area (Å²) in [6, 6.07) is 6.42.